The Kier molecular flexibility index (Phi) is 3.45. The summed E-state index contributed by atoms with van der Waals surface area (Å²) in [5, 5.41) is 2.61. The van der Waals surface area contributed by atoms with Crippen LogP contribution < -0.4 is 5.32 Å². The average molecular weight is 235 g/mol. The lowest BCUT2D eigenvalue weighted by molar-refractivity contribution is -0.226. The van der Waals surface area contributed by atoms with Crippen molar-refractivity contribution in [1.82, 2.24) is 0 Å². The molecule has 92 valence electrons. The smallest absolute Gasteiger partial charge is 0.211 e. The molecule has 0 atom stereocenters. The summed E-state index contributed by atoms with van der Waals surface area (Å²) < 4.78 is 11.3. The van der Waals surface area contributed by atoms with Crippen molar-refractivity contribution in [3.05, 3.63) is 29.8 Å². The van der Waals surface area contributed by atoms with Gasteiger partial charge in [-0.05, 0) is 12.1 Å². The van der Waals surface area contributed by atoms with Gasteiger partial charge in [-0.2, -0.15) is 0 Å². The van der Waals surface area contributed by atoms with E-state index < -0.39 is 0 Å². The highest BCUT2D eigenvalue weighted by atomic mass is 16.7. The van der Waals surface area contributed by atoms with Gasteiger partial charge < -0.3 is 14.8 Å². The summed E-state index contributed by atoms with van der Waals surface area (Å²) in [7, 11) is 0. The molecule has 17 heavy (non-hydrogen) atoms. The van der Waals surface area contributed by atoms with Crippen molar-refractivity contribution in [2.45, 2.75) is 20.1 Å². The van der Waals surface area contributed by atoms with Crippen LogP contribution in [0.4, 0.5) is 5.69 Å². The largest absolute Gasteiger partial charge is 0.348 e. The van der Waals surface area contributed by atoms with Gasteiger partial charge in [0.25, 0.3) is 0 Å². The first-order valence-electron chi connectivity index (χ1n) is 5.64. The fourth-order valence-corrected chi connectivity index (χ4v) is 1.73. The molecule has 4 heteroatoms. The third kappa shape index (κ3) is 3.05. The molecule has 1 aromatic carbocycles. The zero-order valence-corrected chi connectivity index (χ0v) is 10.1. The summed E-state index contributed by atoms with van der Waals surface area (Å²) in [6.07, 6.45) is 0.321. The van der Waals surface area contributed by atoms with Gasteiger partial charge in [0.15, 0.2) is 6.29 Å². The minimum atomic E-state index is -0.337. The molecule has 0 radical (unpaired) electrons. The van der Waals surface area contributed by atoms with Gasteiger partial charge in [-0.3, -0.25) is 4.79 Å². The lowest BCUT2D eigenvalue weighted by Gasteiger charge is -2.34. The molecule has 0 aromatic heterocycles. The minimum absolute atomic E-state index is 0.0646. The molecule has 1 aliphatic heterocycles. The van der Waals surface area contributed by atoms with Crippen LogP contribution in [-0.2, 0) is 14.3 Å². The molecule has 1 fully saturated rings. The summed E-state index contributed by atoms with van der Waals surface area (Å²) in [6, 6.07) is 7.48. The molecular formula is C13H17NO3. The highest BCUT2D eigenvalue weighted by Crippen LogP contribution is 2.31. The zero-order valence-electron chi connectivity index (χ0n) is 10.1. The molecule has 1 amide bonds. The molecule has 2 rings (SSSR count). The van der Waals surface area contributed by atoms with E-state index in [1.807, 2.05) is 24.3 Å². The first-order chi connectivity index (χ1) is 8.11. The van der Waals surface area contributed by atoms with Gasteiger partial charge in [-0.1, -0.05) is 26.0 Å². The maximum Gasteiger partial charge on any atom is 0.211 e. The standard InChI is InChI=1S/C13H17NO3/c1-13(2)7-16-12(17-8-13)10-4-3-5-11(6-10)14-9-15/h3-6,9,12H,7-8H2,1-2H3,(H,14,15). The number of nitrogens with one attached hydrogen (secondary N) is 1. The number of anilines is 1. The Hall–Kier alpha value is -1.39. The number of carbonyl (C=O) groups excluding carboxylic acids is 1. The Labute approximate surface area is 101 Å². The van der Waals surface area contributed by atoms with Crippen molar-refractivity contribution < 1.29 is 14.3 Å². The summed E-state index contributed by atoms with van der Waals surface area (Å²) >= 11 is 0. The maximum absolute atomic E-state index is 10.4. The fraction of sp³-hybridized carbons (Fsp3) is 0.462. The van der Waals surface area contributed by atoms with Crippen LogP contribution >= 0.6 is 0 Å². The molecule has 1 N–H and O–H groups in total. The monoisotopic (exact) mass is 235 g/mol. The number of benzene rings is 1. The van der Waals surface area contributed by atoms with Crippen LogP contribution in [0.5, 0.6) is 0 Å². The zero-order chi connectivity index (χ0) is 12.3. The average Bonchev–Trinajstić information content (AvgIpc) is 2.30. The minimum Gasteiger partial charge on any atom is -0.348 e. The number of carbonyl (C=O) groups is 1. The molecule has 0 aliphatic carbocycles. The van der Waals surface area contributed by atoms with Crippen LogP contribution in [0, 0.1) is 5.41 Å². The van der Waals surface area contributed by atoms with Crippen molar-refractivity contribution in [2.75, 3.05) is 18.5 Å². The Balaban J connectivity index is 2.07. The first-order valence-corrected chi connectivity index (χ1v) is 5.64. The van der Waals surface area contributed by atoms with Gasteiger partial charge in [0.2, 0.25) is 6.41 Å². The number of rotatable bonds is 3. The van der Waals surface area contributed by atoms with E-state index in [0.717, 1.165) is 11.3 Å². The Morgan fingerprint density at radius 2 is 2.06 bits per heavy atom. The lowest BCUT2D eigenvalue weighted by atomic mass is 9.95. The van der Waals surface area contributed by atoms with Crippen molar-refractivity contribution in [1.29, 1.82) is 0 Å². The number of ether oxygens (including phenoxy) is 2. The van der Waals surface area contributed by atoms with E-state index in [1.54, 1.807) is 0 Å². The molecule has 1 saturated heterocycles. The second-order valence-electron chi connectivity index (χ2n) is 5.01. The van der Waals surface area contributed by atoms with Crippen molar-refractivity contribution in [3.63, 3.8) is 0 Å². The molecule has 1 heterocycles. The van der Waals surface area contributed by atoms with Crippen LogP contribution in [0.15, 0.2) is 24.3 Å². The normalized spacial score (nSPS) is 19.9. The van der Waals surface area contributed by atoms with E-state index in [9.17, 15) is 4.79 Å². The van der Waals surface area contributed by atoms with Gasteiger partial charge in [0, 0.05) is 16.7 Å². The predicted octanol–water partition coefficient (Wildman–Crippen LogP) is 2.33. The van der Waals surface area contributed by atoms with Crippen LogP contribution in [0.2, 0.25) is 0 Å². The van der Waals surface area contributed by atoms with Crippen molar-refractivity contribution in [2.24, 2.45) is 5.41 Å². The molecule has 1 aromatic rings. The molecule has 0 saturated carbocycles. The van der Waals surface area contributed by atoms with E-state index in [-0.39, 0.29) is 11.7 Å². The highest BCUT2D eigenvalue weighted by molar-refractivity contribution is 5.71. The van der Waals surface area contributed by atoms with Gasteiger partial charge in [-0.25, -0.2) is 0 Å². The van der Waals surface area contributed by atoms with Crippen LogP contribution in [-0.4, -0.2) is 19.6 Å². The third-order valence-electron chi connectivity index (χ3n) is 2.64. The van der Waals surface area contributed by atoms with Crippen LogP contribution in [0.25, 0.3) is 0 Å². The number of amides is 1. The summed E-state index contributed by atoms with van der Waals surface area (Å²) in [5.41, 5.74) is 1.73. The second kappa shape index (κ2) is 4.85. The molecule has 1 aliphatic rings. The van der Waals surface area contributed by atoms with Gasteiger partial charge in [0.1, 0.15) is 0 Å². The summed E-state index contributed by atoms with van der Waals surface area (Å²) in [5.74, 6) is 0. The molecular weight excluding hydrogens is 218 g/mol. The Bertz CT molecular complexity index is 393. The van der Waals surface area contributed by atoms with Gasteiger partial charge in [0.05, 0.1) is 13.2 Å². The van der Waals surface area contributed by atoms with E-state index in [0.29, 0.717) is 19.6 Å². The molecule has 4 nitrogen and oxygen atoms in total. The molecule has 0 bridgehead atoms. The van der Waals surface area contributed by atoms with E-state index >= 15 is 0 Å². The second-order valence-corrected chi connectivity index (χ2v) is 5.01. The van der Waals surface area contributed by atoms with E-state index in [1.165, 1.54) is 0 Å². The summed E-state index contributed by atoms with van der Waals surface area (Å²) in [6.45, 7) is 5.55. The van der Waals surface area contributed by atoms with E-state index in [2.05, 4.69) is 19.2 Å². The van der Waals surface area contributed by atoms with Crippen LogP contribution in [0.1, 0.15) is 25.7 Å². The fourth-order valence-electron chi connectivity index (χ4n) is 1.73. The number of hydrogen-bond donors (Lipinski definition) is 1. The Morgan fingerprint density at radius 3 is 2.71 bits per heavy atom. The quantitative estimate of drug-likeness (QED) is 0.818. The Morgan fingerprint density at radius 1 is 1.35 bits per heavy atom. The third-order valence-corrected chi connectivity index (χ3v) is 2.64. The summed E-state index contributed by atoms with van der Waals surface area (Å²) in [4.78, 5) is 10.4. The van der Waals surface area contributed by atoms with Gasteiger partial charge in [-0.15, -0.1) is 0 Å². The SMILES string of the molecule is CC1(C)COC(c2cccc(NC=O)c2)OC1. The molecule has 0 spiro atoms. The topological polar surface area (TPSA) is 47.6 Å². The highest BCUT2D eigenvalue weighted by Gasteiger charge is 2.29. The predicted molar refractivity (Wildman–Crippen MR) is 64.6 cm³/mol. The van der Waals surface area contributed by atoms with Crippen molar-refractivity contribution >= 4 is 12.1 Å². The van der Waals surface area contributed by atoms with E-state index in [4.69, 9.17) is 9.47 Å². The van der Waals surface area contributed by atoms with Crippen molar-refractivity contribution in [3.8, 4) is 0 Å². The molecule has 0 unspecified atom stereocenters. The lowest BCUT2D eigenvalue weighted by Crippen LogP contribution is -2.33. The first kappa shape index (κ1) is 12.1. The van der Waals surface area contributed by atoms with Gasteiger partial charge >= 0.3 is 0 Å². The maximum atomic E-state index is 10.4. The number of hydrogen-bond acceptors (Lipinski definition) is 3. The van der Waals surface area contributed by atoms with Crippen LogP contribution in [0.3, 0.4) is 0 Å².